The zero-order chi connectivity index (χ0) is 13.5. The monoisotopic (exact) mass is 256 g/mol. The lowest BCUT2D eigenvalue weighted by Gasteiger charge is -2.23. The summed E-state index contributed by atoms with van der Waals surface area (Å²) in [6, 6.07) is 9.15. The molecule has 0 aliphatic carbocycles. The molecule has 1 saturated heterocycles. The van der Waals surface area contributed by atoms with Crippen LogP contribution in [0.15, 0.2) is 24.3 Å². The zero-order valence-corrected chi connectivity index (χ0v) is 11.9. The molecule has 2 rings (SSSR count). The van der Waals surface area contributed by atoms with Gasteiger partial charge in [-0.1, -0.05) is 25.1 Å². The molecule has 0 aromatic heterocycles. The lowest BCUT2D eigenvalue weighted by Crippen LogP contribution is -2.28. The number of rotatable bonds is 6. The fourth-order valence-electron chi connectivity index (χ4n) is 2.68. The summed E-state index contributed by atoms with van der Waals surface area (Å²) in [6.45, 7) is 5.48. The van der Waals surface area contributed by atoms with Crippen LogP contribution in [0.2, 0.25) is 0 Å². The SMILES string of the molecule is C#CCC(CC)NCc1ccccc1N1CCCC1. The van der Waals surface area contributed by atoms with Crippen molar-refractivity contribution in [1.29, 1.82) is 0 Å². The van der Waals surface area contributed by atoms with Gasteiger partial charge in [-0.3, -0.25) is 0 Å². The van der Waals surface area contributed by atoms with Gasteiger partial charge in [0.05, 0.1) is 0 Å². The first kappa shape index (κ1) is 14.0. The van der Waals surface area contributed by atoms with Crippen molar-refractivity contribution in [2.45, 2.75) is 45.2 Å². The molecule has 0 spiro atoms. The van der Waals surface area contributed by atoms with Gasteiger partial charge in [-0.2, -0.15) is 0 Å². The average molecular weight is 256 g/mol. The molecule has 19 heavy (non-hydrogen) atoms. The van der Waals surface area contributed by atoms with Gasteiger partial charge in [0, 0.05) is 37.8 Å². The predicted molar refractivity (Wildman–Crippen MR) is 82.3 cm³/mol. The molecule has 0 bridgehead atoms. The minimum atomic E-state index is 0.427. The van der Waals surface area contributed by atoms with Gasteiger partial charge in [-0.15, -0.1) is 12.3 Å². The van der Waals surface area contributed by atoms with E-state index in [2.05, 4.69) is 47.3 Å². The Hall–Kier alpha value is -1.46. The fourth-order valence-corrected chi connectivity index (χ4v) is 2.68. The first-order valence-electron chi connectivity index (χ1n) is 7.35. The number of para-hydroxylation sites is 1. The lowest BCUT2D eigenvalue weighted by molar-refractivity contribution is 0.506. The minimum absolute atomic E-state index is 0.427. The highest BCUT2D eigenvalue weighted by atomic mass is 15.1. The lowest BCUT2D eigenvalue weighted by atomic mass is 10.1. The van der Waals surface area contributed by atoms with E-state index in [0.717, 1.165) is 19.4 Å². The van der Waals surface area contributed by atoms with Gasteiger partial charge in [0.25, 0.3) is 0 Å². The van der Waals surface area contributed by atoms with Gasteiger partial charge in [0.15, 0.2) is 0 Å². The van der Waals surface area contributed by atoms with Gasteiger partial charge in [0.1, 0.15) is 0 Å². The molecule has 0 saturated carbocycles. The van der Waals surface area contributed by atoms with Gasteiger partial charge >= 0.3 is 0 Å². The third-order valence-corrected chi connectivity index (χ3v) is 3.88. The van der Waals surface area contributed by atoms with Crippen LogP contribution in [0.25, 0.3) is 0 Å². The number of hydrogen-bond donors (Lipinski definition) is 1. The predicted octanol–water partition coefficient (Wildman–Crippen LogP) is 3.18. The second kappa shape index (κ2) is 7.21. The Balaban J connectivity index is 2.01. The highest BCUT2D eigenvalue weighted by Crippen LogP contribution is 2.24. The van der Waals surface area contributed by atoms with Gasteiger partial charge in [0.2, 0.25) is 0 Å². The molecule has 1 aromatic carbocycles. The van der Waals surface area contributed by atoms with Crippen molar-refractivity contribution >= 4 is 5.69 Å². The van der Waals surface area contributed by atoms with E-state index < -0.39 is 0 Å². The number of terminal acetylenes is 1. The summed E-state index contributed by atoms with van der Waals surface area (Å²) in [4.78, 5) is 2.50. The Morgan fingerprint density at radius 1 is 1.32 bits per heavy atom. The van der Waals surface area contributed by atoms with E-state index in [-0.39, 0.29) is 0 Å². The second-order valence-corrected chi connectivity index (χ2v) is 5.22. The summed E-state index contributed by atoms with van der Waals surface area (Å²) >= 11 is 0. The Kier molecular flexibility index (Phi) is 5.30. The zero-order valence-electron chi connectivity index (χ0n) is 11.9. The summed E-state index contributed by atoms with van der Waals surface area (Å²) in [5, 5.41) is 3.58. The number of nitrogens with zero attached hydrogens (tertiary/aromatic N) is 1. The number of anilines is 1. The van der Waals surface area contributed by atoms with Crippen LogP contribution in [-0.2, 0) is 6.54 Å². The van der Waals surface area contributed by atoms with E-state index in [0.29, 0.717) is 6.04 Å². The Bertz CT molecular complexity index is 427. The molecule has 1 N–H and O–H groups in total. The molecule has 102 valence electrons. The van der Waals surface area contributed by atoms with Gasteiger partial charge in [-0.25, -0.2) is 0 Å². The average Bonchev–Trinajstić information content (AvgIpc) is 2.98. The standard InChI is InChI=1S/C17H24N2/c1-3-9-16(4-2)18-14-15-10-5-6-11-17(15)19-12-7-8-13-19/h1,5-6,10-11,16,18H,4,7-9,12-14H2,2H3. The molecule has 1 aliphatic heterocycles. The molecule has 1 aromatic rings. The van der Waals surface area contributed by atoms with Crippen LogP contribution < -0.4 is 10.2 Å². The maximum Gasteiger partial charge on any atom is 0.0411 e. The van der Waals surface area contributed by atoms with E-state index in [4.69, 9.17) is 6.42 Å². The summed E-state index contributed by atoms with van der Waals surface area (Å²) in [7, 11) is 0. The topological polar surface area (TPSA) is 15.3 Å². The van der Waals surface area contributed by atoms with Crippen LogP contribution in [0.3, 0.4) is 0 Å². The molecule has 1 heterocycles. The maximum atomic E-state index is 5.41. The summed E-state index contributed by atoms with van der Waals surface area (Å²) in [5.41, 5.74) is 2.78. The Morgan fingerprint density at radius 2 is 2.05 bits per heavy atom. The highest BCUT2D eigenvalue weighted by Gasteiger charge is 2.15. The number of nitrogens with one attached hydrogen (secondary N) is 1. The Labute approximate surface area is 117 Å². The molecule has 1 fully saturated rings. The third-order valence-electron chi connectivity index (χ3n) is 3.88. The van der Waals surface area contributed by atoms with Crippen LogP contribution in [0.4, 0.5) is 5.69 Å². The van der Waals surface area contributed by atoms with Gasteiger partial charge in [-0.05, 0) is 30.9 Å². The van der Waals surface area contributed by atoms with Crippen molar-refractivity contribution in [3.8, 4) is 12.3 Å². The van der Waals surface area contributed by atoms with Crippen LogP contribution in [0, 0.1) is 12.3 Å². The summed E-state index contributed by atoms with van der Waals surface area (Å²) < 4.78 is 0. The van der Waals surface area contributed by atoms with E-state index in [9.17, 15) is 0 Å². The molecule has 1 unspecified atom stereocenters. The van der Waals surface area contributed by atoms with Crippen LogP contribution >= 0.6 is 0 Å². The first-order valence-corrected chi connectivity index (χ1v) is 7.35. The summed E-state index contributed by atoms with van der Waals surface area (Å²) in [6.07, 6.45) is 9.92. The molecular weight excluding hydrogens is 232 g/mol. The van der Waals surface area contributed by atoms with Gasteiger partial charge < -0.3 is 10.2 Å². The second-order valence-electron chi connectivity index (χ2n) is 5.22. The van der Waals surface area contributed by atoms with E-state index in [1.54, 1.807) is 0 Å². The van der Waals surface area contributed by atoms with Crippen LogP contribution in [0.1, 0.15) is 38.2 Å². The molecule has 2 heteroatoms. The van der Waals surface area contributed by atoms with Crippen LogP contribution in [0.5, 0.6) is 0 Å². The highest BCUT2D eigenvalue weighted by molar-refractivity contribution is 5.54. The molecule has 2 nitrogen and oxygen atoms in total. The van der Waals surface area contributed by atoms with E-state index in [1.807, 2.05) is 0 Å². The maximum absolute atomic E-state index is 5.41. The minimum Gasteiger partial charge on any atom is -0.371 e. The molecule has 0 amide bonds. The van der Waals surface area contributed by atoms with Crippen molar-refractivity contribution < 1.29 is 0 Å². The van der Waals surface area contributed by atoms with Crippen molar-refractivity contribution in [3.05, 3.63) is 29.8 Å². The van der Waals surface area contributed by atoms with Crippen molar-refractivity contribution in [3.63, 3.8) is 0 Å². The smallest absolute Gasteiger partial charge is 0.0411 e. The normalized spacial score (nSPS) is 16.3. The molecule has 1 atom stereocenters. The third kappa shape index (κ3) is 3.75. The van der Waals surface area contributed by atoms with Crippen molar-refractivity contribution in [2.24, 2.45) is 0 Å². The van der Waals surface area contributed by atoms with Crippen LogP contribution in [-0.4, -0.2) is 19.1 Å². The molecule has 1 aliphatic rings. The largest absolute Gasteiger partial charge is 0.371 e. The molecular formula is C17H24N2. The van der Waals surface area contributed by atoms with Crippen molar-refractivity contribution in [1.82, 2.24) is 5.32 Å². The van der Waals surface area contributed by atoms with Crippen molar-refractivity contribution in [2.75, 3.05) is 18.0 Å². The molecule has 0 radical (unpaired) electrons. The van der Waals surface area contributed by atoms with E-state index >= 15 is 0 Å². The Morgan fingerprint density at radius 3 is 2.74 bits per heavy atom. The summed E-state index contributed by atoms with van der Waals surface area (Å²) in [5.74, 6) is 2.75. The number of hydrogen-bond acceptors (Lipinski definition) is 2. The van der Waals surface area contributed by atoms with E-state index in [1.165, 1.54) is 37.2 Å². The number of benzene rings is 1. The first-order chi connectivity index (χ1) is 9.35. The fraction of sp³-hybridized carbons (Fsp3) is 0.529. The quantitative estimate of drug-likeness (QED) is 0.786.